The summed E-state index contributed by atoms with van der Waals surface area (Å²) in [4.78, 5) is 0. The maximum Gasteiger partial charge on any atom is 0.119 e. The summed E-state index contributed by atoms with van der Waals surface area (Å²) < 4.78 is 7.54. The van der Waals surface area contributed by atoms with Gasteiger partial charge < -0.3 is 14.6 Å². The predicted molar refractivity (Wildman–Crippen MR) is 74.1 cm³/mol. The van der Waals surface area contributed by atoms with Gasteiger partial charge in [-0.2, -0.15) is 0 Å². The summed E-state index contributed by atoms with van der Waals surface area (Å²) >= 11 is 0. The topological polar surface area (TPSA) is 26.2 Å². The van der Waals surface area contributed by atoms with Gasteiger partial charge in [0.2, 0.25) is 0 Å². The molecule has 2 aromatic rings. The van der Waals surface area contributed by atoms with Crippen LogP contribution in [0.5, 0.6) is 5.75 Å². The summed E-state index contributed by atoms with van der Waals surface area (Å²) in [6.45, 7) is 3.27. The minimum Gasteiger partial charge on any atom is -0.497 e. The third-order valence-electron chi connectivity index (χ3n) is 3.64. The molecule has 1 aliphatic rings. The van der Waals surface area contributed by atoms with Crippen molar-refractivity contribution in [1.82, 2.24) is 9.88 Å². The summed E-state index contributed by atoms with van der Waals surface area (Å²) in [6.07, 6.45) is 4.99. The first kappa shape index (κ1) is 11.6. The quantitative estimate of drug-likeness (QED) is 0.791. The van der Waals surface area contributed by atoms with E-state index in [9.17, 15) is 0 Å². The van der Waals surface area contributed by atoms with Crippen molar-refractivity contribution in [1.29, 1.82) is 0 Å². The zero-order chi connectivity index (χ0) is 12.4. The Kier molecular flexibility index (Phi) is 3.24. The molecule has 1 aromatic heterocycles. The fourth-order valence-corrected chi connectivity index (χ4v) is 2.33. The van der Waals surface area contributed by atoms with Gasteiger partial charge in [0.15, 0.2) is 0 Å². The van der Waals surface area contributed by atoms with Gasteiger partial charge in [-0.25, -0.2) is 0 Å². The van der Waals surface area contributed by atoms with Crippen LogP contribution in [0.3, 0.4) is 0 Å². The van der Waals surface area contributed by atoms with Gasteiger partial charge in [-0.1, -0.05) is 0 Å². The average molecular weight is 244 g/mol. The van der Waals surface area contributed by atoms with E-state index in [1.54, 1.807) is 7.11 Å². The average Bonchev–Trinajstić information content (AvgIpc) is 3.14. The number of rotatable bonds is 6. The molecule has 1 fully saturated rings. The smallest absolute Gasteiger partial charge is 0.119 e. The number of hydrogen-bond donors (Lipinski definition) is 1. The molecular formula is C15H20N2O. The maximum atomic E-state index is 5.24. The fourth-order valence-electron chi connectivity index (χ4n) is 2.33. The highest BCUT2D eigenvalue weighted by molar-refractivity contribution is 5.81. The third kappa shape index (κ3) is 2.51. The highest BCUT2D eigenvalue weighted by Crippen LogP contribution is 2.27. The van der Waals surface area contributed by atoms with E-state index < -0.39 is 0 Å². The lowest BCUT2D eigenvalue weighted by Gasteiger charge is -2.07. The van der Waals surface area contributed by atoms with Crippen molar-refractivity contribution in [3.8, 4) is 5.75 Å². The number of ether oxygens (including phenoxy) is 1. The largest absolute Gasteiger partial charge is 0.497 e. The van der Waals surface area contributed by atoms with Crippen LogP contribution in [0.1, 0.15) is 12.8 Å². The van der Waals surface area contributed by atoms with Gasteiger partial charge in [0.25, 0.3) is 0 Å². The number of aromatic nitrogens is 1. The van der Waals surface area contributed by atoms with Crippen molar-refractivity contribution in [3.05, 3.63) is 30.5 Å². The molecule has 3 nitrogen and oxygen atoms in total. The monoisotopic (exact) mass is 244 g/mol. The molecule has 0 bridgehead atoms. The Morgan fingerprint density at radius 1 is 1.33 bits per heavy atom. The van der Waals surface area contributed by atoms with Crippen LogP contribution in [-0.4, -0.2) is 24.8 Å². The van der Waals surface area contributed by atoms with Gasteiger partial charge in [0, 0.05) is 30.2 Å². The van der Waals surface area contributed by atoms with E-state index in [1.165, 1.54) is 30.3 Å². The number of fused-ring (bicyclic) bond motifs is 1. The van der Waals surface area contributed by atoms with Crippen molar-refractivity contribution < 1.29 is 4.74 Å². The lowest BCUT2D eigenvalue weighted by molar-refractivity contribution is 0.415. The van der Waals surface area contributed by atoms with Gasteiger partial charge in [-0.05, 0) is 49.6 Å². The zero-order valence-electron chi connectivity index (χ0n) is 10.9. The van der Waals surface area contributed by atoms with E-state index in [4.69, 9.17) is 4.74 Å². The van der Waals surface area contributed by atoms with E-state index >= 15 is 0 Å². The van der Waals surface area contributed by atoms with Crippen LogP contribution in [0.4, 0.5) is 0 Å². The molecule has 0 aliphatic heterocycles. The van der Waals surface area contributed by atoms with Crippen LogP contribution in [0.25, 0.3) is 10.9 Å². The van der Waals surface area contributed by atoms with Crippen molar-refractivity contribution in [2.45, 2.75) is 19.4 Å². The van der Waals surface area contributed by atoms with Crippen molar-refractivity contribution in [2.24, 2.45) is 5.92 Å². The minimum atomic E-state index is 0.923. The molecule has 1 aliphatic carbocycles. The molecule has 1 heterocycles. The Labute approximate surface area is 108 Å². The van der Waals surface area contributed by atoms with Crippen molar-refractivity contribution in [2.75, 3.05) is 20.2 Å². The van der Waals surface area contributed by atoms with Gasteiger partial charge in [0.1, 0.15) is 5.75 Å². The van der Waals surface area contributed by atoms with Gasteiger partial charge >= 0.3 is 0 Å². The van der Waals surface area contributed by atoms with Crippen LogP contribution >= 0.6 is 0 Å². The Hall–Kier alpha value is -1.48. The summed E-state index contributed by atoms with van der Waals surface area (Å²) in [5.41, 5.74) is 1.28. The molecule has 0 unspecified atom stereocenters. The third-order valence-corrected chi connectivity index (χ3v) is 3.64. The molecule has 1 saturated carbocycles. The lowest BCUT2D eigenvalue weighted by atomic mass is 10.2. The van der Waals surface area contributed by atoms with Gasteiger partial charge in [0.05, 0.1) is 7.11 Å². The number of benzene rings is 1. The number of nitrogens with one attached hydrogen (secondary N) is 1. The first-order chi connectivity index (χ1) is 8.86. The van der Waals surface area contributed by atoms with Crippen molar-refractivity contribution >= 4 is 10.9 Å². The summed E-state index contributed by atoms with van der Waals surface area (Å²) in [5, 5.41) is 4.77. The molecule has 1 N–H and O–H groups in total. The molecule has 3 rings (SSSR count). The number of methoxy groups -OCH3 is 1. The molecule has 18 heavy (non-hydrogen) atoms. The zero-order valence-corrected chi connectivity index (χ0v) is 10.9. The van der Waals surface area contributed by atoms with E-state index in [0.717, 1.165) is 24.8 Å². The molecular weight excluding hydrogens is 224 g/mol. The maximum absolute atomic E-state index is 5.24. The Bertz CT molecular complexity index is 528. The van der Waals surface area contributed by atoms with Gasteiger partial charge in [-0.3, -0.25) is 0 Å². The van der Waals surface area contributed by atoms with Gasteiger partial charge in [-0.15, -0.1) is 0 Å². The first-order valence-corrected chi connectivity index (χ1v) is 6.70. The van der Waals surface area contributed by atoms with Crippen LogP contribution in [0.15, 0.2) is 30.5 Å². The van der Waals surface area contributed by atoms with E-state index in [1.807, 2.05) is 6.07 Å². The standard InChI is InChI=1S/C15H20N2O/c1-18-14-4-5-15-13(10-14)6-8-17(15)9-7-16-11-12-2-3-12/h4-6,8,10,12,16H,2-3,7,9,11H2,1H3. The Balaban J connectivity index is 1.63. The Morgan fingerprint density at radius 2 is 2.22 bits per heavy atom. The van der Waals surface area contributed by atoms with Crippen LogP contribution in [-0.2, 0) is 6.54 Å². The molecule has 0 atom stereocenters. The van der Waals surface area contributed by atoms with E-state index in [-0.39, 0.29) is 0 Å². The second kappa shape index (κ2) is 5.02. The van der Waals surface area contributed by atoms with Crippen molar-refractivity contribution in [3.63, 3.8) is 0 Å². The number of hydrogen-bond acceptors (Lipinski definition) is 2. The fraction of sp³-hybridized carbons (Fsp3) is 0.467. The lowest BCUT2D eigenvalue weighted by Crippen LogP contribution is -2.21. The molecule has 3 heteroatoms. The molecule has 96 valence electrons. The molecule has 0 saturated heterocycles. The van der Waals surface area contributed by atoms with E-state index in [2.05, 4.69) is 34.3 Å². The highest BCUT2D eigenvalue weighted by Gasteiger charge is 2.19. The predicted octanol–water partition coefficient (Wildman–Crippen LogP) is 2.65. The summed E-state index contributed by atoms with van der Waals surface area (Å²) in [6, 6.07) is 8.40. The Morgan fingerprint density at radius 3 is 3.00 bits per heavy atom. The normalized spacial score (nSPS) is 15.2. The summed E-state index contributed by atoms with van der Waals surface area (Å²) in [7, 11) is 1.71. The highest BCUT2D eigenvalue weighted by atomic mass is 16.5. The molecule has 0 radical (unpaired) electrons. The molecule has 1 aromatic carbocycles. The second-order valence-corrected chi connectivity index (χ2v) is 5.08. The minimum absolute atomic E-state index is 0.923. The summed E-state index contributed by atoms with van der Waals surface area (Å²) in [5.74, 6) is 1.88. The SMILES string of the molecule is COc1ccc2c(ccn2CCNCC2CC2)c1. The van der Waals surface area contributed by atoms with Crippen LogP contribution in [0.2, 0.25) is 0 Å². The first-order valence-electron chi connectivity index (χ1n) is 6.70. The molecule has 0 spiro atoms. The number of nitrogens with zero attached hydrogens (tertiary/aromatic N) is 1. The van der Waals surface area contributed by atoms with Crippen LogP contribution < -0.4 is 10.1 Å². The van der Waals surface area contributed by atoms with Crippen LogP contribution in [0, 0.1) is 5.92 Å². The van der Waals surface area contributed by atoms with E-state index in [0.29, 0.717) is 0 Å². The second-order valence-electron chi connectivity index (χ2n) is 5.08. The molecule has 0 amide bonds.